The Morgan fingerprint density at radius 1 is 1.29 bits per heavy atom. The van der Waals surface area contributed by atoms with E-state index in [1.807, 2.05) is 12.1 Å². The molecule has 2 rings (SSSR count). The third-order valence-corrected chi connectivity index (χ3v) is 3.90. The molecule has 94 valence electrons. The Labute approximate surface area is 110 Å². The summed E-state index contributed by atoms with van der Waals surface area (Å²) in [6.07, 6.45) is 3.80. The highest BCUT2D eigenvalue weighted by atomic mass is 35.5. The molecule has 0 amide bonds. The maximum absolute atomic E-state index is 6.22. The summed E-state index contributed by atoms with van der Waals surface area (Å²) in [6.45, 7) is 6.75. The minimum atomic E-state index is 0.486. The second-order valence-electron chi connectivity index (χ2n) is 5.79. The van der Waals surface area contributed by atoms with E-state index in [0.717, 1.165) is 30.5 Å². The van der Waals surface area contributed by atoms with Crippen molar-refractivity contribution < 1.29 is 0 Å². The van der Waals surface area contributed by atoms with E-state index < -0.39 is 0 Å². The molecule has 0 saturated heterocycles. The van der Waals surface area contributed by atoms with Crippen LogP contribution in [0.3, 0.4) is 0 Å². The van der Waals surface area contributed by atoms with Crippen LogP contribution in [0, 0.1) is 11.3 Å². The van der Waals surface area contributed by atoms with Gasteiger partial charge in [-0.05, 0) is 48.8 Å². The van der Waals surface area contributed by atoms with E-state index in [0.29, 0.717) is 5.41 Å². The van der Waals surface area contributed by atoms with Crippen LogP contribution in [-0.4, -0.2) is 13.1 Å². The van der Waals surface area contributed by atoms with Crippen LogP contribution in [0.2, 0.25) is 5.02 Å². The zero-order chi connectivity index (χ0) is 12.3. The van der Waals surface area contributed by atoms with Crippen LogP contribution >= 0.6 is 11.6 Å². The number of halogens is 1. The summed E-state index contributed by atoms with van der Waals surface area (Å²) >= 11 is 6.22. The van der Waals surface area contributed by atoms with Crippen molar-refractivity contribution in [3.63, 3.8) is 0 Å². The standard InChI is InChI=1S/C15H22ClN/c1-12(2)10-17-11-15(7-8-15)9-13-5-3-4-6-14(13)16/h3-6,12,17H,7-11H2,1-2H3. The Bertz CT molecular complexity index is 369. The Balaban J connectivity index is 1.88. The molecule has 1 aromatic rings. The average molecular weight is 252 g/mol. The summed E-state index contributed by atoms with van der Waals surface area (Å²) in [5.74, 6) is 0.728. The van der Waals surface area contributed by atoms with Gasteiger partial charge in [0, 0.05) is 11.6 Å². The molecule has 1 aliphatic rings. The summed E-state index contributed by atoms with van der Waals surface area (Å²) in [5.41, 5.74) is 1.79. The van der Waals surface area contributed by atoms with Gasteiger partial charge in [-0.3, -0.25) is 0 Å². The molecule has 0 atom stereocenters. The van der Waals surface area contributed by atoms with Crippen LogP contribution < -0.4 is 5.32 Å². The Kier molecular flexibility index (Phi) is 4.11. The van der Waals surface area contributed by atoms with Gasteiger partial charge in [-0.2, -0.15) is 0 Å². The molecule has 0 unspecified atom stereocenters. The fourth-order valence-corrected chi connectivity index (χ4v) is 2.47. The van der Waals surface area contributed by atoms with Gasteiger partial charge in [0.25, 0.3) is 0 Å². The van der Waals surface area contributed by atoms with Crippen molar-refractivity contribution in [3.8, 4) is 0 Å². The first-order chi connectivity index (χ1) is 8.11. The molecule has 0 aromatic heterocycles. The fourth-order valence-electron chi connectivity index (χ4n) is 2.26. The van der Waals surface area contributed by atoms with Crippen LogP contribution in [0.4, 0.5) is 0 Å². The maximum atomic E-state index is 6.22. The van der Waals surface area contributed by atoms with Crippen molar-refractivity contribution in [2.75, 3.05) is 13.1 Å². The molecular weight excluding hydrogens is 230 g/mol. The molecule has 0 radical (unpaired) electrons. The third-order valence-electron chi connectivity index (χ3n) is 3.53. The fraction of sp³-hybridized carbons (Fsp3) is 0.600. The minimum Gasteiger partial charge on any atom is -0.316 e. The monoisotopic (exact) mass is 251 g/mol. The number of rotatable bonds is 6. The van der Waals surface area contributed by atoms with Gasteiger partial charge in [0.2, 0.25) is 0 Å². The highest BCUT2D eigenvalue weighted by Crippen LogP contribution is 2.48. The summed E-state index contributed by atoms with van der Waals surface area (Å²) < 4.78 is 0. The molecule has 0 bridgehead atoms. The van der Waals surface area contributed by atoms with Crippen molar-refractivity contribution in [3.05, 3.63) is 34.9 Å². The Morgan fingerprint density at radius 2 is 2.00 bits per heavy atom. The van der Waals surface area contributed by atoms with E-state index in [-0.39, 0.29) is 0 Å². The molecule has 1 nitrogen and oxygen atoms in total. The quantitative estimate of drug-likeness (QED) is 0.809. The minimum absolute atomic E-state index is 0.486. The molecule has 2 heteroatoms. The smallest absolute Gasteiger partial charge is 0.0438 e. The molecule has 1 aliphatic carbocycles. The maximum Gasteiger partial charge on any atom is 0.0438 e. The van der Waals surface area contributed by atoms with E-state index in [9.17, 15) is 0 Å². The van der Waals surface area contributed by atoms with Gasteiger partial charge in [-0.15, -0.1) is 0 Å². The SMILES string of the molecule is CC(C)CNCC1(Cc2ccccc2Cl)CC1. The molecule has 0 spiro atoms. The lowest BCUT2D eigenvalue weighted by Crippen LogP contribution is -2.28. The number of nitrogens with one attached hydrogen (secondary N) is 1. The van der Waals surface area contributed by atoms with E-state index in [1.54, 1.807) is 0 Å². The molecule has 0 aliphatic heterocycles. The number of hydrogen-bond acceptors (Lipinski definition) is 1. The van der Waals surface area contributed by atoms with Crippen molar-refractivity contribution in [2.24, 2.45) is 11.3 Å². The lowest BCUT2D eigenvalue weighted by atomic mass is 9.96. The lowest BCUT2D eigenvalue weighted by Gasteiger charge is -2.17. The van der Waals surface area contributed by atoms with Gasteiger partial charge < -0.3 is 5.32 Å². The molecule has 1 aromatic carbocycles. The van der Waals surface area contributed by atoms with Crippen LogP contribution in [0.5, 0.6) is 0 Å². The molecule has 17 heavy (non-hydrogen) atoms. The zero-order valence-electron chi connectivity index (χ0n) is 10.8. The second kappa shape index (κ2) is 5.41. The molecule has 1 N–H and O–H groups in total. The van der Waals surface area contributed by atoms with E-state index in [4.69, 9.17) is 11.6 Å². The normalized spacial score (nSPS) is 17.4. The van der Waals surface area contributed by atoms with Gasteiger partial charge >= 0.3 is 0 Å². The van der Waals surface area contributed by atoms with E-state index in [2.05, 4.69) is 31.3 Å². The van der Waals surface area contributed by atoms with Crippen molar-refractivity contribution >= 4 is 11.6 Å². The number of hydrogen-bond donors (Lipinski definition) is 1. The Hall–Kier alpha value is -0.530. The van der Waals surface area contributed by atoms with Gasteiger partial charge in [0.1, 0.15) is 0 Å². The summed E-state index contributed by atoms with van der Waals surface area (Å²) in [7, 11) is 0. The second-order valence-corrected chi connectivity index (χ2v) is 6.20. The zero-order valence-corrected chi connectivity index (χ0v) is 11.6. The van der Waals surface area contributed by atoms with Gasteiger partial charge in [0.05, 0.1) is 0 Å². The highest BCUT2D eigenvalue weighted by molar-refractivity contribution is 6.31. The van der Waals surface area contributed by atoms with Crippen molar-refractivity contribution in [1.29, 1.82) is 0 Å². The highest BCUT2D eigenvalue weighted by Gasteiger charge is 2.42. The third kappa shape index (κ3) is 3.72. The predicted octanol–water partition coefficient (Wildman–Crippen LogP) is 3.91. The predicted molar refractivity (Wildman–Crippen MR) is 74.5 cm³/mol. The Morgan fingerprint density at radius 3 is 2.59 bits per heavy atom. The van der Waals surface area contributed by atoms with Crippen LogP contribution in [0.15, 0.2) is 24.3 Å². The van der Waals surface area contributed by atoms with Crippen LogP contribution in [-0.2, 0) is 6.42 Å². The molecule has 1 saturated carbocycles. The van der Waals surface area contributed by atoms with E-state index >= 15 is 0 Å². The average Bonchev–Trinajstić information content (AvgIpc) is 3.01. The molecule has 1 fully saturated rings. The molecular formula is C15H22ClN. The summed E-state index contributed by atoms with van der Waals surface area (Å²) in [6, 6.07) is 8.24. The van der Waals surface area contributed by atoms with Gasteiger partial charge in [-0.25, -0.2) is 0 Å². The largest absolute Gasteiger partial charge is 0.316 e. The van der Waals surface area contributed by atoms with Crippen LogP contribution in [0.1, 0.15) is 32.3 Å². The lowest BCUT2D eigenvalue weighted by molar-refractivity contribution is 0.432. The van der Waals surface area contributed by atoms with Crippen molar-refractivity contribution in [2.45, 2.75) is 33.1 Å². The summed E-state index contributed by atoms with van der Waals surface area (Å²) in [4.78, 5) is 0. The van der Waals surface area contributed by atoms with Crippen molar-refractivity contribution in [1.82, 2.24) is 5.32 Å². The van der Waals surface area contributed by atoms with Gasteiger partial charge in [-0.1, -0.05) is 43.6 Å². The first-order valence-corrected chi connectivity index (χ1v) is 6.93. The molecule has 0 heterocycles. The first kappa shape index (κ1) is 12.9. The number of benzene rings is 1. The first-order valence-electron chi connectivity index (χ1n) is 6.55. The van der Waals surface area contributed by atoms with E-state index in [1.165, 1.54) is 18.4 Å². The summed E-state index contributed by atoms with van der Waals surface area (Å²) in [5, 5.41) is 4.50. The van der Waals surface area contributed by atoms with Gasteiger partial charge in [0.15, 0.2) is 0 Å². The van der Waals surface area contributed by atoms with Crippen LogP contribution in [0.25, 0.3) is 0 Å². The topological polar surface area (TPSA) is 12.0 Å².